The van der Waals surface area contributed by atoms with E-state index in [1.54, 1.807) is 18.0 Å². The maximum absolute atomic E-state index is 10.2. The topological polar surface area (TPSA) is 56.5 Å². The first kappa shape index (κ1) is 15.6. The number of nitrogens with zero attached hydrogens (tertiary/aromatic N) is 2. The molecule has 0 fully saturated rings. The van der Waals surface area contributed by atoms with E-state index < -0.39 is 6.10 Å². The number of aliphatic hydroxyl groups excluding tert-OH is 1. The van der Waals surface area contributed by atoms with Crippen LogP contribution < -0.4 is 0 Å². The summed E-state index contributed by atoms with van der Waals surface area (Å²) >= 11 is 3.42. The van der Waals surface area contributed by atoms with Crippen LogP contribution >= 0.6 is 15.9 Å². The fourth-order valence-corrected chi connectivity index (χ4v) is 2.28. The van der Waals surface area contributed by atoms with Gasteiger partial charge in [-0.15, -0.1) is 0 Å². The fraction of sp³-hybridized carbons (Fsp3) is 0.750. The van der Waals surface area contributed by atoms with Crippen molar-refractivity contribution in [1.29, 1.82) is 0 Å². The Kier molecular flexibility index (Phi) is 7.50. The first-order valence-corrected chi connectivity index (χ1v) is 6.96. The van der Waals surface area contributed by atoms with E-state index in [1.165, 1.54) is 0 Å². The molecule has 0 bridgehead atoms. The Morgan fingerprint density at radius 2 is 2.28 bits per heavy atom. The second-order valence-electron chi connectivity index (χ2n) is 3.95. The van der Waals surface area contributed by atoms with Crippen molar-refractivity contribution in [3.63, 3.8) is 0 Å². The van der Waals surface area contributed by atoms with Crippen LogP contribution in [0.15, 0.2) is 10.7 Å². The highest BCUT2D eigenvalue weighted by molar-refractivity contribution is 9.10. The summed E-state index contributed by atoms with van der Waals surface area (Å²) in [4.78, 5) is 0. The van der Waals surface area contributed by atoms with Gasteiger partial charge in [-0.25, -0.2) is 0 Å². The molecule has 1 heterocycles. The van der Waals surface area contributed by atoms with Gasteiger partial charge in [0.05, 0.1) is 35.6 Å². The molecule has 104 valence electrons. The van der Waals surface area contributed by atoms with Crippen molar-refractivity contribution in [2.75, 3.05) is 26.9 Å². The van der Waals surface area contributed by atoms with Crippen molar-refractivity contribution >= 4 is 15.9 Å². The molecule has 18 heavy (non-hydrogen) atoms. The van der Waals surface area contributed by atoms with Gasteiger partial charge in [-0.05, 0) is 35.7 Å². The minimum atomic E-state index is -0.529. The molecular formula is C12H21BrN2O3. The largest absolute Gasteiger partial charge is 0.387 e. The summed E-state index contributed by atoms with van der Waals surface area (Å²) in [5.74, 6) is 0. The van der Waals surface area contributed by atoms with E-state index in [2.05, 4.69) is 21.0 Å². The van der Waals surface area contributed by atoms with Crippen molar-refractivity contribution in [2.45, 2.75) is 32.4 Å². The van der Waals surface area contributed by atoms with Crippen LogP contribution in [0.4, 0.5) is 0 Å². The Balaban J connectivity index is 2.54. The van der Waals surface area contributed by atoms with Gasteiger partial charge < -0.3 is 14.6 Å². The molecule has 0 saturated heterocycles. The van der Waals surface area contributed by atoms with Crippen molar-refractivity contribution in [2.24, 2.45) is 0 Å². The van der Waals surface area contributed by atoms with Gasteiger partial charge in [0.15, 0.2) is 0 Å². The third kappa shape index (κ3) is 4.68. The van der Waals surface area contributed by atoms with Gasteiger partial charge in [-0.2, -0.15) is 5.10 Å². The number of hydrogen-bond donors (Lipinski definition) is 1. The molecular weight excluding hydrogens is 300 g/mol. The Morgan fingerprint density at radius 1 is 1.50 bits per heavy atom. The van der Waals surface area contributed by atoms with Gasteiger partial charge >= 0.3 is 0 Å². The van der Waals surface area contributed by atoms with Gasteiger partial charge in [0, 0.05) is 20.3 Å². The highest BCUT2D eigenvalue weighted by atomic mass is 79.9. The fourth-order valence-electron chi connectivity index (χ4n) is 1.72. The molecule has 1 rings (SSSR count). The van der Waals surface area contributed by atoms with Crippen LogP contribution in [-0.2, 0) is 16.0 Å². The third-order valence-corrected chi connectivity index (χ3v) is 3.24. The van der Waals surface area contributed by atoms with E-state index in [-0.39, 0.29) is 0 Å². The number of rotatable bonds is 9. The van der Waals surface area contributed by atoms with Gasteiger partial charge in [-0.3, -0.25) is 4.68 Å². The highest BCUT2D eigenvalue weighted by Crippen LogP contribution is 2.26. The minimum absolute atomic E-state index is 0.529. The van der Waals surface area contributed by atoms with Crippen LogP contribution in [0, 0.1) is 0 Å². The monoisotopic (exact) mass is 320 g/mol. The van der Waals surface area contributed by atoms with Gasteiger partial charge in [0.25, 0.3) is 0 Å². The molecule has 0 aliphatic rings. The normalized spacial score (nSPS) is 12.9. The average molecular weight is 321 g/mol. The molecule has 0 amide bonds. The summed E-state index contributed by atoms with van der Waals surface area (Å²) < 4.78 is 12.9. The van der Waals surface area contributed by atoms with Crippen LogP contribution in [0.1, 0.15) is 31.6 Å². The summed E-state index contributed by atoms with van der Waals surface area (Å²) in [6, 6.07) is 0. The lowest BCUT2D eigenvalue weighted by molar-refractivity contribution is 0.108. The molecule has 1 N–H and O–H groups in total. The summed E-state index contributed by atoms with van der Waals surface area (Å²) in [6.45, 7) is 4.57. The molecule has 1 atom stereocenters. The van der Waals surface area contributed by atoms with E-state index in [0.717, 1.165) is 16.6 Å². The zero-order valence-electron chi connectivity index (χ0n) is 10.9. The van der Waals surface area contributed by atoms with Crippen LogP contribution in [0.2, 0.25) is 0 Å². The summed E-state index contributed by atoms with van der Waals surface area (Å²) in [7, 11) is 1.65. The van der Waals surface area contributed by atoms with Gasteiger partial charge in [0.1, 0.15) is 0 Å². The lowest BCUT2D eigenvalue weighted by atomic mass is 10.1. The summed E-state index contributed by atoms with van der Waals surface area (Å²) in [5, 5.41) is 14.4. The molecule has 0 saturated carbocycles. The number of aliphatic hydroxyl groups is 1. The number of methoxy groups -OCH3 is 1. The third-order valence-electron chi connectivity index (χ3n) is 2.63. The number of ether oxygens (including phenoxy) is 2. The van der Waals surface area contributed by atoms with Crippen LogP contribution in [0.5, 0.6) is 0 Å². The zero-order chi connectivity index (χ0) is 13.4. The van der Waals surface area contributed by atoms with Crippen molar-refractivity contribution in [3.05, 3.63) is 16.4 Å². The molecule has 0 radical (unpaired) electrons. The maximum Gasteiger partial charge on any atom is 0.0969 e. The molecule has 5 nitrogen and oxygen atoms in total. The first-order valence-electron chi connectivity index (χ1n) is 6.16. The Hall–Kier alpha value is -0.430. The molecule has 0 spiro atoms. The highest BCUT2D eigenvalue weighted by Gasteiger charge is 2.17. The molecule has 1 aromatic rings. The number of halogens is 1. The Labute approximate surface area is 116 Å². The molecule has 1 aromatic heterocycles. The summed E-state index contributed by atoms with van der Waals surface area (Å²) in [6.07, 6.45) is 2.67. The second kappa shape index (κ2) is 8.63. The van der Waals surface area contributed by atoms with Gasteiger partial charge in [-0.1, -0.05) is 0 Å². The summed E-state index contributed by atoms with van der Waals surface area (Å²) in [5.41, 5.74) is 0.809. The van der Waals surface area contributed by atoms with Crippen LogP contribution in [0.25, 0.3) is 0 Å². The predicted molar refractivity (Wildman–Crippen MR) is 72.5 cm³/mol. The first-order chi connectivity index (χ1) is 8.70. The number of hydrogen-bond acceptors (Lipinski definition) is 4. The van der Waals surface area contributed by atoms with E-state index in [9.17, 15) is 5.11 Å². The van der Waals surface area contributed by atoms with E-state index in [0.29, 0.717) is 32.8 Å². The van der Waals surface area contributed by atoms with E-state index in [1.807, 2.05) is 6.92 Å². The minimum Gasteiger partial charge on any atom is -0.387 e. The van der Waals surface area contributed by atoms with Crippen molar-refractivity contribution in [3.8, 4) is 0 Å². The van der Waals surface area contributed by atoms with Crippen LogP contribution in [0.3, 0.4) is 0 Å². The Morgan fingerprint density at radius 3 is 2.94 bits per heavy atom. The second-order valence-corrected chi connectivity index (χ2v) is 4.80. The maximum atomic E-state index is 10.2. The molecule has 6 heteroatoms. The SMILES string of the molecule is CCOCCCC(O)c1c(Br)cnn1CCOC. The van der Waals surface area contributed by atoms with Crippen molar-refractivity contribution in [1.82, 2.24) is 9.78 Å². The smallest absolute Gasteiger partial charge is 0.0969 e. The lowest BCUT2D eigenvalue weighted by Crippen LogP contribution is -2.13. The van der Waals surface area contributed by atoms with Gasteiger partial charge in [0.2, 0.25) is 0 Å². The van der Waals surface area contributed by atoms with Crippen molar-refractivity contribution < 1.29 is 14.6 Å². The van der Waals surface area contributed by atoms with E-state index in [4.69, 9.17) is 9.47 Å². The molecule has 1 unspecified atom stereocenters. The van der Waals surface area contributed by atoms with E-state index >= 15 is 0 Å². The predicted octanol–water partition coefficient (Wildman–Crippen LogP) is 2.14. The average Bonchev–Trinajstić information content (AvgIpc) is 2.73. The van der Waals surface area contributed by atoms with Crippen LogP contribution in [-0.4, -0.2) is 41.8 Å². The molecule has 0 aliphatic heterocycles. The quantitative estimate of drug-likeness (QED) is 0.708. The standard InChI is InChI=1S/C12H21BrN2O3/c1-3-18-7-4-5-11(16)12-10(13)9-14-15(12)6-8-17-2/h9,11,16H,3-8H2,1-2H3. The lowest BCUT2D eigenvalue weighted by Gasteiger charge is -2.14. The molecule has 0 aliphatic carbocycles. The molecule has 0 aromatic carbocycles. The zero-order valence-corrected chi connectivity index (χ0v) is 12.5. The number of aromatic nitrogens is 2. The Bertz CT molecular complexity index is 344.